The van der Waals surface area contributed by atoms with E-state index in [2.05, 4.69) is 11.4 Å². The summed E-state index contributed by atoms with van der Waals surface area (Å²) in [5.41, 5.74) is 3.51. The number of carbonyl (C=O) groups excluding carboxylic acids is 2. The summed E-state index contributed by atoms with van der Waals surface area (Å²) in [4.78, 5) is 29.4. The van der Waals surface area contributed by atoms with Crippen molar-refractivity contribution in [1.82, 2.24) is 14.5 Å². The van der Waals surface area contributed by atoms with Crippen LogP contribution in [-0.2, 0) is 32.7 Å². The van der Waals surface area contributed by atoms with Crippen molar-refractivity contribution >= 4 is 33.4 Å². The number of halogens is 1. The lowest BCUT2D eigenvalue weighted by molar-refractivity contribution is -0.141. The summed E-state index contributed by atoms with van der Waals surface area (Å²) >= 11 is 6.11. The third kappa shape index (κ3) is 9.28. The maximum Gasteiger partial charge on any atom is 0.247 e. The van der Waals surface area contributed by atoms with Gasteiger partial charge in [-0.15, -0.1) is 0 Å². The first-order chi connectivity index (χ1) is 20.2. The van der Waals surface area contributed by atoms with E-state index in [0.717, 1.165) is 47.4 Å². The van der Waals surface area contributed by atoms with Gasteiger partial charge in [0.2, 0.25) is 21.8 Å². The molecule has 0 heterocycles. The number of hydrogen-bond donors (Lipinski definition) is 1. The Bertz CT molecular complexity index is 1460. The van der Waals surface area contributed by atoms with Crippen molar-refractivity contribution in [2.75, 3.05) is 19.3 Å². The van der Waals surface area contributed by atoms with Gasteiger partial charge in [0.15, 0.2) is 0 Å². The largest absolute Gasteiger partial charge is 0.354 e. The van der Waals surface area contributed by atoms with Crippen molar-refractivity contribution in [1.29, 1.82) is 0 Å². The van der Waals surface area contributed by atoms with Gasteiger partial charge >= 0.3 is 0 Å². The van der Waals surface area contributed by atoms with E-state index in [1.165, 1.54) is 16.9 Å². The number of sulfonamides is 1. The highest BCUT2D eigenvalue weighted by Crippen LogP contribution is 2.26. The Morgan fingerprint density at radius 1 is 0.881 bits per heavy atom. The highest BCUT2D eigenvalue weighted by molar-refractivity contribution is 7.88. The molecule has 4 rings (SSSR count). The minimum absolute atomic E-state index is 0.0392. The van der Waals surface area contributed by atoms with Crippen molar-refractivity contribution in [3.63, 3.8) is 0 Å². The molecule has 0 spiro atoms. The topological polar surface area (TPSA) is 86.8 Å². The minimum Gasteiger partial charge on any atom is -0.354 e. The first-order valence-corrected chi connectivity index (χ1v) is 16.5. The van der Waals surface area contributed by atoms with Gasteiger partial charge in [-0.3, -0.25) is 9.59 Å². The average Bonchev–Trinajstić information content (AvgIpc) is 2.98. The van der Waals surface area contributed by atoms with Gasteiger partial charge in [0.25, 0.3) is 0 Å². The summed E-state index contributed by atoms with van der Waals surface area (Å²) in [5, 5.41) is 3.61. The summed E-state index contributed by atoms with van der Waals surface area (Å²) in [7, 11) is -3.75. The standard InChI is InChI=1S/C33H38ClN3O4S/c1-42(40,41)36(23-27-13-7-3-8-14-27)25-31(38)37(24-28-17-19-30(34)20-18-28)32(29-15-9-4-10-16-29)33(39)35-22-21-26-11-5-2-6-12-26/h3-4,7-11,13-20,32H,2,5-6,12,21-25H2,1H3,(H,35,39)/t32-/m1/s1. The molecule has 0 radical (unpaired) electrons. The predicted octanol–water partition coefficient (Wildman–Crippen LogP) is 5.88. The van der Waals surface area contributed by atoms with Crippen LogP contribution >= 0.6 is 11.6 Å². The summed E-state index contributed by atoms with van der Waals surface area (Å²) in [6.45, 7) is 0.180. The number of benzene rings is 3. The fourth-order valence-corrected chi connectivity index (χ4v) is 5.97. The normalized spacial score (nSPS) is 14.2. The van der Waals surface area contributed by atoms with E-state index in [-0.39, 0.29) is 19.0 Å². The molecule has 9 heteroatoms. The minimum atomic E-state index is -3.75. The van der Waals surface area contributed by atoms with Crippen LogP contribution in [0.15, 0.2) is 96.6 Å². The molecular weight excluding hydrogens is 570 g/mol. The molecular formula is C33H38ClN3O4S. The van der Waals surface area contributed by atoms with Gasteiger partial charge in [0.1, 0.15) is 6.04 Å². The molecule has 0 saturated heterocycles. The summed E-state index contributed by atoms with van der Waals surface area (Å²) in [6, 6.07) is 24.4. The number of hydrogen-bond acceptors (Lipinski definition) is 4. The van der Waals surface area contributed by atoms with E-state index >= 15 is 0 Å². The Morgan fingerprint density at radius 3 is 2.14 bits per heavy atom. The molecule has 0 saturated carbocycles. The van der Waals surface area contributed by atoms with Crippen LogP contribution in [0.1, 0.15) is 54.8 Å². The monoisotopic (exact) mass is 607 g/mol. The number of rotatable bonds is 13. The lowest BCUT2D eigenvalue weighted by Crippen LogP contribution is -2.47. The molecule has 0 aromatic heterocycles. The molecule has 3 aromatic carbocycles. The molecule has 2 amide bonds. The maximum atomic E-state index is 14.1. The van der Waals surface area contributed by atoms with Crippen LogP contribution in [0.5, 0.6) is 0 Å². The Balaban J connectivity index is 1.64. The molecule has 3 aromatic rings. The lowest BCUT2D eigenvalue weighted by Gasteiger charge is -2.33. The molecule has 1 aliphatic carbocycles. The van der Waals surface area contributed by atoms with E-state index in [4.69, 9.17) is 11.6 Å². The fourth-order valence-electron chi connectivity index (χ4n) is 5.11. The highest BCUT2D eigenvalue weighted by Gasteiger charge is 2.33. The molecule has 222 valence electrons. The molecule has 0 fully saturated rings. The first kappa shape index (κ1) is 31.5. The van der Waals surface area contributed by atoms with Gasteiger partial charge in [0.05, 0.1) is 12.8 Å². The molecule has 1 atom stereocenters. The first-order valence-electron chi connectivity index (χ1n) is 14.2. The van der Waals surface area contributed by atoms with Gasteiger partial charge in [0, 0.05) is 24.7 Å². The Hall–Kier alpha value is -3.46. The Kier molecular flexibility index (Phi) is 11.3. The average molecular weight is 608 g/mol. The Labute approximate surface area is 254 Å². The third-order valence-corrected chi connectivity index (χ3v) is 8.82. The molecule has 42 heavy (non-hydrogen) atoms. The van der Waals surface area contributed by atoms with Gasteiger partial charge in [-0.05, 0) is 60.9 Å². The smallest absolute Gasteiger partial charge is 0.247 e. The van der Waals surface area contributed by atoms with Crippen molar-refractivity contribution in [2.24, 2.45) is 0 Å². The van der Waals surface area contributed by atoms with Crippen molar-refractivity contribution in [3.05, 3.63) is 118 Å². The second-order valence-corrected chi connectivity index (χ2v) is 13.0. The molecule has 7 nitrogen and oxygen atoms in total. The van der Waals surface area contributed by atoms with Crippen molar-refractivity contribution in [2.45, 2.75) is 51.2 Å². The van der Waals surface area contributed by atoms with Crippen LogP contribution in [0.4, 0.5) is 0 Å². The van der Waals surface area contributed by atoms with Crippen LogP contribution in [0.25, 0.3) is 0 Å². The van der Waals surface area contributed by atoms with Gasteiger partial charge < -0.3 is 10.2 Å². The van der Waals surface area contributed by atoms with E-state index in [1.54, 1.807) is 24.3 Å². The predicted molar refractivity (Wildman–Crippen MR) is 167 cm³/mol. The molecule has 1 N–H and O–H groups in total. The molecule has 0 aliphatic heterocycles. The lowest BCUT2D eigenvalue weighted by atomic mass is 9.97. The fraction of sp³-hybridized carbons (Fsp3) is 0.333. The molecule has 0 bridgehead atoms. The van der Waals surface area contributed by atoms with Gasteiger partial charge in [-0.25, -0.2) is 8.42 Å². The van der Waals surface area contributed by atoms with E-state index in [1.807, 2.05) is 60.7 Å². The number of allylic oxidation sites excluding steroid dienone is 1. The van der Waals surface area contributed by atoms with Crippen LogP contribution in [0.3, 0.4) is 0 Å². The zero-order valence-corrected chi connectivity index (χ0v) is 25.5. The summed E-state index contributed by atoms with van der Waals surface area (Å²) < 4.78 is 26.8. The maximum absolute atomic E-state index is 14.1. The number of nitrogens with one attached hydrogen (secondary N) is 1. The van der Waals surface area contributed by atoms with Crippen LogP contribution < -0.4 is 5.32 Å². The number of amides is 2. The van der Waals surface area contributed by atoms with Crippen LogP contribution in [0.2, 0.25) is 5.02 Å². The van der Waals surface area contributed by atoms with Crippen LogP contribution in [0, 0.1) is 0 Å². The van der Waals surface area contributed by atoms with Gasteiger partial charge in [-0.1, -0.05) is 96.0 Å². The van der Waals surface area contributed by atoms with E-state index < -0.39 is 28.5 Å². The third-order valence-electron chi connectivity index (χ3n) is 7.37. The van der Waals surface area contributed by atoms with E-state index in [0.29, 0.717) is 17.1 Å². The van der Waals surface area contributed by atoms with Gasteiger partial charge in [-0.2, -0.15) is 4.31 Å². The zero-order valence-electron chi connectivity index (χ0n) is 23.9. The zero-order chi connectivity index (χ0) is 30.0. The number of nitrogens with zero attached hydrogens (tertiary/aromatic N) is 2. The van der Waals surface area contributed by atoms with Crippen molar-refractivity contribution in [3.8, 4) is 0 Å². The highest BCUT2D eigenvalue weighted by atomic mass is 35.5. The summed E-state index contributed by atoms with van der Waals surface area (Å²) in [6.07, 6.45) is 8.58. The second kappa shape index (κ2) is 15.1. The molecule has 1 aliphatic rings. The van der Waals surface area contributed by atoms with Crippen LogP contribution in [-0.4, -0.2) is 48.8 Å². The Morgan fingerprint density at radius 2 is 1.52 bits per heavy atom. The van der Waals surface area contributed by atoms with Crippen molar-refractivity contribution < 1.29 is 18.0 Å². The molecule has 0 unspecified atom stereocenters. The quantitative estimate of drug-likeness (QED) is 0.246. The second-order valence-electron chi connectivity index (χ2n) is 10.6. The number of carbonyl (C=O) groups is 2. The van der Waals surface area contributed by atoms with E-state index in [9.17, 15) is 18.0 Å². The summed E-state index contributed by atoms with van der Waals surface area (Å²) in [5.74, 6) is -0.792. The SMILES string of the molecule is CS(=O)(=O)N(CC(=O)N(Cc1ccc(Cl)cc1)[C@@H](C(=O)NCCC1=CCCCC1)c1ccccc1)Cc1ccccc1.